The normalized spacial score (nSPS) is 15.7. The van der Waals surface area contributed by atoms with Gasteiger partial charge in [-0.3, -0.25) is 4.79 Å². The van der Waals surface area contributed by atoms with Crippen LogP contribution in [-0.2, 0) is 4.74 Å². The van der Waals surface area contributed by atoms with Crippen molar-refractivity contribution in [2.45, 2.75) is 32.7 Å². The standard InChI is InChI=1S/C27H37N5O6Si/c1-17-8-9-19(39(5,6)7)14-21(17)38-22-11-10-20(37-22)24(33)29-23-25(34-3)30-27(31-26(23)35-4)32-12-13-36-18(16-32)15-28-2/h8-11,14,18,28H,12-13,15-16H2,1-7H3,(H,29,33). The van der Waals surface area contributed by atoms with Gasteiger partial charge in [-0.25, -0.2) is 0 Å². The number of carbonyl (C=O) groups is 1. The summed E-state index contributed by atoms with van der Waals surface area (Å²) in [5, 5.41) is 7.15. The summed E-state index contributed by atoms with van der Waals surface area (Å²) in [6.45, 7) is 11.3. The summed E-state index contributed by atoms with van der Waals surface area (Å²) in [4.78, 5) is 24.2. The molecule has 12 heteroatoms. The summed E-state index contributed by atoms with van der Waals surface area (Å²) in [7, 11) is 3.30. The second-order valence-electron chi connectivity index (χ2n) is 10.3. The smallest absolute Gasteiger partial charge is 0.291 e. The van der Waals surface area contributed by atoms with Crippen molar-refractivity contribution < 1.29 is 28.2 Å². The summed E-state index contributed by atoms with van der Waals surface area (Å²) in [6, 6.07) is 9.40. The van der Waals surface area contributed by atoms with E-state index in [-0.39, 0.29) is 35.3 Å². The van der Waals surface area contributed by atoms with Crippen LogP contribution in [0, 0.1) is 6.92 Å². The monoisotopic (exact) mass is 555 g/mol. The number of likely N-dealkylation sites (N-methyl/N-ethyl adjacent to an activating group) is 1. The maximum Gasteiger partial charge on any atom is 0.291 e. The molecule has 1 unspecified atom stereocenters. The molecule has 1 aliphatic heterocycles. The Hall–Kier alpha value is -3.61. The number of ether oxygens (including phenoxy) is 4. The molecule has 0 radical (unpaired) electrons. The largest absolute Gasteiger partial charge is 0.479 e. The number of hydrogen-bond acceptors (Lipinski definition) is 10. The van der Waals surface area contributed by atoms with Gasteiger partial charge in [0.05, 0.1) is 35.0 Å². The summed E-state index contributed by atoms with van der Waals surface area (Å²) in [5.41, 5.74) is 1.18. The zero-order chi connectivity index (χ0) is 28.2. The van der Waals surface area contributed by atoms with Crippen LogP contribution in [0.5, 0.6) is 23.5 Å². The molecule has 1 atom stereocenters. The Kier molecular flexibility index (Phi) is 8.78. The van der Waals surface area contributed by atoms with Crippen LogP contribution < -0.4 is 34.9 Å². The van der Waals surface area contributed by atoms with Gasteiger partial charge in [0, 0.05) is 25.7 Å². The molecule has 11 nitrogen and oxygen atoms in total. The summed E-state index contributed by atoms with van der Waals surface area (Å²) in [5.74, 6) is 1.21. The molecule has 1 aliphatic rings. The van der Waals surface area contributed by atoms with Gasteiger partial charge >= 0.3 is 0 Å². The highest BCUT2D eigenvalue weighted by molar-refractivity contribution is 6.88. The van der Waals surface area contributed by atoms with Crippen LogP contribution in [0.3, 0.4) is 0 Å². The van der Waals surface area contributed by atoms with E-state index < -0.39 is 14.0 Å². The molecule has 1 amide bonds. The fraction of sp³-hybridized carbons (Fsp3) is 0.444. The summed E-state index contributed by atoms with van der Waals surface area (Å²) in [6.07, 6.45) is 0.000821. The van der Waals surface area contributed by atoms with Crippen molar-refractivity contribution in [3.63, 3.8) is 0 Å². The molecule has 210 valence electrons. The fourth-order valence-corrected chi connectivity index (χ4v) is 5.31. The Morgan fingerprint density at radius 2 is 1.85 bits per heavy atom. The molecule has 0 aliphatic carbocycles. The molecular weight excluding hydrogens is 518 g/mol. The lowest BCUT2D eigenvalue weighted by Crippen LogP contribution is -2.46. The number of rotatable bonds is 10. The molecule has 1 saturated heterocycles. The SMILES string of the molecule is CNCC1CN(c2nc(OC)c(NC(=O)c3ccc(Oc4cc([Si](C)(C)C)ccc4C)o3)c(OC)n2)CCO1. The number of furan rings is 1. The van der Waals surface area contributed by atoms with E-state index in [2.05, 4.69) is 46.3 Å². The highest BCUT2D eigenvalue weighted by atomic mass is 28.3. The lowest BCUT2D eigenvalue weighted by molar-refractivity contribution is 0.0415. The lowest BCUT2D eigenvalue weighted by Gasteiger charge is -2.33. The number of methoxy groups -OCH3 is 2. The zero-order valence-corrected chi connectivity index (χ0v) is 24.6. The van der Waals surface area contributed by atoms with Crippen molar-refractivity contribution in [3.8, 4) is 23.5 Å². The van der Waals surface area contributed by atoms with E-state index in [9.17, 15) is 4.79 Å². The van der Waals surface area contributed by atoms with E-state index in [1.54, 1.807) is 12.1 Å². The van der Waals surface area contributed by atoms with Crippen LogP contribution >= 0.6 is 0 Å². The third kappa shape index (κ3) is 6.70. The Labute approximate surface area is 229 Å². The van der Waals surface area contributed by atoms with Crippen molar-refractivity contribution in [1.82, 2.24) is 15.3 Å². The second kappa shape index (κ2) is 12.1. The number of nitrogens with one attached hydrogen (secondary N) is 2. The number of nitrogens with zero attached hydrogens (tertiary/aromatic N) is 3. The molecule has 0 saturated carbocycles. The highest BCUT2D eigenvalue weighted by Gasteiger charge is 2.27. The average Bonchev–Trinajstić information content (AvgIpc) is 3.38. The van der Waals surface area contributed by atoms with Crippen LogP contribution in [0.2, 0.25) is 19.6 Å². The Morgan fingerprint density at radius 3 is 2.49 bits per heavy atom. The molecule has 2 aromatic heterocycles. The highest BCUT2D eigenvalue weighted by Crippen LogP contribution is 2.35. The molecule has 1 fully saturated rings. The maximum absolute atomic E-state index is 13.1. The Bertz CT molecular complexity index is 1280. The predicted molar refractivity (Wildman–Crippen MR) is 152 cm³/mol. The van der Waals surface area contributed by atoms with E-state index in [0.717, 1.165) is 5.56 Å². The molecule has 0 spiro atoms. The molecule has 4 rings (SSSR count). The third-order valence-corrected chi connectivity index (χ3v) is 8.42. The van der Waals surface area contributed by atoms with Gasteiger partial charge < -0.3 is 38.9 Å². The first-order valence-corrected chi connectivity index (χ1v) is 16.3. The molecule has 1 aromatic carbocycles. The average molecular weight is 556 g/mol. The van der Waals surface area contributed by atoms with Gasteiger partial charge in [0.15, 0.2) is 11.4 Å². The number of carbonyl (C=O) groups excluding carboxylic acids is 1. The third-order valence-electron chi connectivity index (χ3n) is 6.38. The number of anilines is 2. The first kappa shape index (κ1) is 28.4. The van der Waals surface area contributed by atoms with Gasteiger partial charge in [-0.05, 0) is 31.7 Å². The van der Waals surface area contributed by atoms with Crippen LogP contribution in [0.4, 0.5) is 11.6 Å². The van der Waals surface area contributed by atoms with Crippen molar-refractivity contribution >= 4 is 30.8 Å². The van der Waals surface area contributed by atoms with E-state index in [0.29, 0.717) is 37.9 Å². The van der Waals surface area contributed by atoms with Crippen LogP contribution in [0.1, 0.15) is 16.1 Å². The van der Waals surface area contributed by atoms with Crippen LogP contribution in [-0.4, -0.2) is 77.6 Å². The Morgan fingerprint density at radius 1 is 1.13 bits per heavy atom. The maximum atomic E-state index is 13.1. The quantitative estimate of drug-likeness (QED) is 0.360. The zero-order valence-electron chi connectivity index (χ0n) is 23.6. The van der Waals surface area contributed by atoms with Crippen LogP contribution in [0.25, 0.3) is 0 Å². The topological polar surface area (TPSA) is 120 Å². The van der Waals surface area contributed by atoms with Crippen molar-refractivity contribution in [3.05, 3.63) is 41.7 Å². The van der Waals surface area contributed by atoms with Gasteiger partial charge in [-0.15, -0.1) is 0 Å². The van der Waals surface area contributed by atoms with E-state index >= 15 is 0 Å². The fourth-order valence-electron chi connectivity index (χ4n) is 4.16. The summed E-state index contributed by atoms with van der Waals surface area (Å²) >= 11 is 0. The molecule has 2 N–H and O–H groups in total. The first-order chi connectivity index (χ1) is 18.6. The second-order valence-corrected chi connectivity index (χ2v) is 15.4. The molecule has 39 heavy (non-hydrogen) atoms. The van der Waals surface area contributed by atoms with Crippen molar-refractivity contribution in [2.24, 2.45) is 0 Å². The van der Waals surface area contributed by atoms with E-state index in [1.807, 2.05) is 31.0 Å². The number of morpholine rings is 1. The van der Waals surface area contributed by atoms with Crippen molar-refractivity contribution in [1.29, 1.82) is 0 Å². The first-order valence-electron chi connectivity index (χ1n) is 12.8. The van der Waals surface area contributed by atoms with Gasteiger partial charge in [0.25, 0.3) is 11.9 Å². The molecular formula is C27H37N5O6Si. The number of hydrogen-bond donors (Lipinski definition) is 2. The molecule has 3 aromatic rings. The minimum absolute atomic E-state index is 0.000821. The van der Waals surface area contributed by atoms with Gasteiger partial charge in [0.2, 0.25) is 17.7 Å². The van der Waals surface area contributed by atoms with E-state index in [4.69, 9.17) is 23.4 Å². The molecule has 3 heterocycles. The van der Waals surface area contributed by atoms with Crippen molar-refractivity contribution in [2.75, 3.05) is 57.7 Å². The minimum atomic E-state index is -1.52. The molecule has 0 bridgehead atoms. The Balaban J connectivity index is 1.52. The number of amides is 1. The number of aromatic nitrogens is 2. The predicted octanol–water partition coefficient (Wildman–Crippen LogP) is 3.41. The summed E-state index contributed by atoms with van der Waals surface area (Å²) < 4.78 is 28.5. The number of aryl methyl sites for hydroxylation is 1. The minimum Gasteiger partial charge on any atom is -0.479 e. The van der Waals surface area contributed by atoms with Gasteiger partial charge in [-0.1, -0.05) is 37.0 Å². The number of benzene rings is 1. The van der Waals surface area contributed by atoms with Gasteiger partial charge in [0.1, 0.15) is 5.75 Å². The van der Waals surface area contributed by atoms with Gasteiger partial charge in [-0.2, -0.15) is 9.97 Å². The van der Waals surface area contributed by atoms with Crippen LogP contribution in [0.15, 0.2) is 34.7 Å². The lowest BCUT2D eigenvalue weighted by atomic mass is 10.2. The van der Waals surface area contributed by atoms with E-state index in [1.165, 1.54) is 19.4 Å².